The molecule has 0 radical (unpaired) electrons. The Morgan fingerprint density at radius 3 is 2.40 bits per heavy atom. The van der Waals surface area contributed by atoms with Crippen LogP contribution in [0.5, 0.6) is 0 Å². The molecule has 6 N–H and O–H groups in total. The van der Waals surface area contributed by atoms with Gasteiger partial charge in [-0.3, -0.25) is 14.7 Å². The lowest BCUT2D eigenvalue weighted by Crippen LogP contribution is -2.47. The van der Waals surface area contributed by atoms with Crippen molar-refractivity contribution in [1.29, 1.82) is 0 Å². The fourth-order valence-electron chi connectivity index (χ4n) is 4.47. The van der Waals surface area contributed by atoms with Crippen LogP contribution in [0.15, 0.2) is 21.7 Å². The summed E-state index contributed by atoms with van der Waals surface area (Å²) in [7, 11) is 0. The van der Waals surface area contributed by atoms with Crippen molar-refractivity contribution in [2.24, 2.45) is 0 Å². The number of aliphatic hydroxyl groups is 5. The van der Waals surface area contributed by atoms with Crippen LogP contribution in [0.2, 0.25) is 0 Å². The molecule has 1 aromatic rings. The predicted molar refractivity (Wildman–Crippen MR) is 127 cm³/mol. The van der Waals surface area contributed by atoms with Gasteiger partial charge in [0.15, 0.2) is 11.5 Å². The first kappa shape index (κ1) is 25.2. The molecule has 3 heterocycles. The van der Waals surface area contributed by atoms with E-state index in [2.05, 4.69) is 24.8 Å². The zero-order valence-corrected chi connectivity index (χ0v) is 19.3. The number of aryl methyl sites for hydroxylation is 1. The number of nitrogens with zero attached hydrogens (tertiary/aromatic N) is 5. The first-order chi connectivity index (χ1) is 16.7. The fraction of sp³-hybridized carbons (Fsp3) is 0.545. The minimum absolute atomic E-state index is 0.0708. The van der Waals surface area contributed by atoms with Gasteiger partial charge in [-0.1, -0.05) is 0 Å². The monoisotopic (exact) mass is 490 g/mol. The molecule has 0 saturated carbocycles. The van der Waals surface area contributed by atoms with Crippen LogP contribution < -0.4 is 16.1 Å². The molecule has 0 aromatic heterocycles. The van der Waals surface area contributed by atoms with Gasteiger partial charge in [0, 0.05) is 38.4 Å². The molecular formula is C22H30N6O7. The number of aromatic amines is 1. The van der Waals surface area contributed by atoms with Crippen molar-refractivity contribution >= 4 is 16.7 Å². The van der Waals surface area contributed by atoms with Crippen molar-refractivity contribution in [3.8, 4) is 11.5 Å². The van der Waals surface area contributed by atoms with Crippen LogP contribution in [0.25, 0.3) is 22.6 Å². The van der Waals surface area contributed by atoms with Crippen molar-refractivity contribution in [3.05, 3.63) is 38.5 Å². The van der Waals surface area contributed by atoms with Crippen LogP contribution in [-0.4, -0.2) is 114 Å². The molecule has 0 aliphatic carbocycles. The summed E-state index contributed by atoms with van der Waals surface area (Å²) < 4.78 is 1.43. The Bertz CT molecular complexity index is 1270. The third-order valence-corrected chi connectivity index (χ3v) is 6.40. The summed E-state index contributed by atoms with van der Waals surface area (Å²) in [6, 6.07) is 3.64. The summed E-state index contributed by atoms with van der Waals surface area (Å²) >= 11 is 0. The Labute approximate surface area is 199 Å². The van der Waals surface area contributed by atoms with E-state index >= 15 is 0 Å². The van der Waals surface area contributed by atoms with Crippen molar-refractivity contribution < 1.29 is 25.5 Å². The van der Waals surface area contributed by atoms with E-state index in [9.17, 15) is 30.0 Å². The normalized spacial score (nSPS) is 17.7. The van der Waals surface area contributed by atoms with E-state index in [0.29, 0.717) is 17.6 Å². The van der Waals surface area contributed by atoms with Crippen LogP contribution in [0.4, 0.5) is 5.69 Å². The summed E-state index contributed by atoms with van der Waals surface area (Å²) in [5.74, 6) is -0.0708. The van der Waals surface area contributed by atoms with E-state index < -0.39 is 36.2 Å². The molecular weight excluding hydrogens is 460 g/mol. The zero-order chi connectivity index (χ0) is 25.3. The largest absolute Gasteiger partial charge is 0.395 e. The van der Waals surface area contributed by atoms with E-state index in [1.807, 2.05) is 13.0 Å². The fourth-order valence-corrected chi connectivity index (χ4v) is 4.47. The molecule has 1 aromatic carbocycles. The third-order valence-electron chi connectivity index (χ3n) is 6.40. The minimum Gasteiger partial charge on any atom is -0.395 e. The summed E-state index contributed by atoms with van der Waals surface area (Å²) in [4.78, 5) is 39.2. The summed E-state index contributed by atoms with van der Waals surface area (Å²) in [6.07, 6.45) is -4.80. The second kappa shape index (κ2) is 10.4. The van der Waals surface area contributed by atoms with Gasteiger partial charge in [-0.25, -0.2) is 9.78 Å². The minimum atomic E-state index is -1.68. The molecule has 0 bridgehead atoms. The summed E-state index contributed by atoms with van der Waals surface area (Å²) in [5, 5.41) is 48.9. The smallest absolute Gasteiger partial charge is 0.349 e. The molecule has 13 heteroatoms. The number of H-pyrrole nitrogens is 1. The maximum Gasteiger partial charge on any atom is 0.349 e. The molecule has 3 atom stereocenters. The van der Waals surface area contributed by atoms with Crippen molar-refractivity contribution in [2.45, 2.75) is 31.8 Å². The average molecular weight is 491 g/mol. The van der Waals surface area contributed by atoms with Crippen molar-refractivity contribution in [2.75, 3.05) is 50.8 Å². The quantitative estimate of drug-likeness (QED) is 0.178. The maximum atomic E-state index is 12.5. The number of nitrogens with one attached hydrogen (secondary N) is 1. The van der Waals surface area contributed by atoms with Crippen molar-refractivity contribution in [3.63, 3.8) is 0 Å². The van der Waals surface area contributed by atoms with E-state index in [1.54, 1.807) is 6.07 Å². The van der Waals surface area contributed by atoms with Crippen LogP contribution >= 0.6 is 0 Å². The molecule has 190 valence electrons. The van der Waals surface area contributed by atoms with Gasteiger partial charge in [-0.15, -0.1) is 0 Å². The van der Waals surface area contributed by atoms with Gasteiger partial charge in [0.1, 0.15) is 18.3 Å². The number of piperazine rings is 1. The Morgan fingerprint density at radius 1 is 1.03 bits per heavy atom. The van der Waals surface area contributed by atoms with Crippen LogP contribution in [0.1, 0.15) is 5.56 Å². The number of hydrogen-bond donors (Lipinski definition) is 6. The SMILES string of the molecule is Cc1cc2nc3c(=O)[nH]c(=O)nc-3n(CC(O)C(O)C(O)CO)c2cc1N1CCN(CCO)CC1. The van der Waals surface area contributed by atoms with Crippen LogP contribution in [0.3, 0.4) is 0 Å². The van der Waals surface area contributed by atoms with E-state index in [-0.39, 0.29) is 24.7 Å². The Morgan fingerprint density at radius 2 is 1.74 bits per heavy atom. The summed E-state index contributed by atoms with van der Waals surface area (Å²) in [6.45, 7) is 4.54. The standard InChI is InChI=1S/C22H30N6O7/c1-12-8-13-15(9-14(12)27-4-2-26(3-5-27)6-7-29)28(10-16(31)19(33)17(32)11-30)20-18(23-13)21(34)25-22(35)24-20/h8-9,16-17,19,29-33H,2-7,10-11H2,1H3,(H,25,34,35). The van der Waals surface area contributed by atoms with Gasteiger partial charge in [-0.2, -0.15) is 4.98 Å². The Kier molecular flexibility index (Phi) is 7.44. The van der Waals surface area contributed by atoms with Crippen LogP contribution in [0, 0.1) is 6.92 Å². The molecule has 3 unspecified atom stereocenters. The molecule has 35 heavy (non-hydrogen) atoms. The Hall–Kier alpha value is -2.94. The lowest BCUT2D eigenvalue weighted by molar-refractivity contribution is -0.0802. The second-order valence-corrected chi connectivity index (χ2v) is 8.75. The van der Waals surface area contributed by atoms with Gasteiger partial charge >= 0.3 is 5.69 Å². The zero-order valence-electron chi connectivity index (χ0n) is 19.3. The number of benzene rings is 1. The lowest BCUT2D eigenvalue weighted by Gasteiger charge is -2.36. The number of aliphatic hydroxyl groups excluding tert-OH is 5. The van der Waals surface area contributed by atoms with Crippen molar-refractivity contribution in [1.82, 2.24) is 24.4 Å². The van der Waals surface area contributed by atoms with Gasteiger partial charge < -0.3 is 35.0 Å². The molecule has 3 aliphatic heterocycles. The highest BCUT2D eigenvalue weighted by Gasteiger charge is 2.28. The van der Waals surface area contributed by atoms with Gasteiger partial charge in [-0.05, 0) is 24.6 Å². The van der Waals surface area contributed by atoms with E-state index in [4.69, 9.17) is 5.11 Å². The Balaban J connectivity index is 1.84. The maximum absolute atomic E-state index is 12.5. The number of β-amino-alcohol motifs (C(OH)–C–C–N with tert-alkyl or cyclic N) is 1. The van der Waals surface area contributed by atoms with E-state index in [0.717, 1.165) is 37.4 Å². The van der Waals surface area contributed by atoms with Crippen LogP contribution in [-0.2, 0) is 6.54 Å². The van der Waals surface area contributed by atoms with Gasteiger partial charge in [0.2, 0.25) is 0 Å². The number of rotatable bonds is 8. The third kappa shape index (κ3) is 5.05. The molecule has 4 rings (SSSR count). The number of hydrogen-bond acceptors (Lipinski definition) is 11. The molecule has 1 fully saturated rings. The molecule has 1 saturated heterocycles. The number of fused-ring (bicyclic) bond motifs is 2. The molecule has 13 nitrogen and oxygen atoms in total. The summed E-state index contributed by atoms with van der Waals surface area (Å²) in [5.41, 5.74) is 0.983. The highest BCUT2D eigenvalue weighted by Crippen LogP contribution is 2.30. The highest BCUT2D eigenvalue weighted by molar-refractivity contribution is 5.84. The number of anilines is 1. The predicted octanol–water partition coefficient (Wildman–Crippen LogP) is -2.92. The second-order valence-electron chi connectivity index (χ2n) is 8.75. The molecule has 0 amide bonds. The first-order valence-electron chi connectivity index (χ1n) is 11.4. The average Bonchev–Trinajstić information content (AvgIpc) is 2.84. The van der Waals surface area contributed by atoms with E-state index in [1.165, 1.54) is 4.57 Å². The molecule has 0 spiro atoms. The lowest BCUT2D eigenvalue weighted by atomic mass is 10.1. The van der Waals surface area contributed by atoms with Gasteiger partial charge in [0.25, 0.3) is 5.56 Å². The number of aromatic nitrogens is 4. The molecule has 3 aliphatic rings. The first-order valence-corrected chi connectivity index (χ1v) is 11.4. The van der Waals surface area contributed by atoms with Gasteiger partial charge in [0.05, 0.1) is 30.8 Å². The topological polar surface area (TPSA) is 188 Å². The highest BCUT2D eigenvalue weighted by atomic mass is 16.4.